The van der Waals surface area contributed by atoms with E-state index >= 15 is 0 Å². The SMILES string of the molecule is CCOc1cccnc1CSc1nc(N)cc(Cl)n1. The maximum absolute atomic E-state index is 5.83. The predicted octanol–water partition coefficient (Wildman–Crippen LogP) is 2.80. The van der Waals surface area contributed by atoms with Crippen LogP contribution in [0.5, 0.6) is 5.75 Å². The van der Waals surface area contributed by atoms with Crippen LogP contribution in [0.2, 0.25) is 5.15 Å². The summed E-state index contributed by atoms with van der Waals surface area (Å²) in [5.41, 5.74) is 6.46. The standard InChI is InChI=1S/C12H13ClN4OS/c1-2-18-9-4-3-5-15-8(9)7-19-12-16-10(13)6-11(14)17-12/h3-6H,2,7H2,1H3,(H2,14,16,17). The second kappa shape index (κ2) is 6.58. The first-order chi connectivity index (χ1) is 9.19. The van der Waals surface area contributed by atoms with Crippen LogP contribution in [0.3, 0.4) is 0 Å². The van der Waals surface area contributed by atoms with E-state index in [1.807, 2.05) is 19.1 Å². The number of aromatic nitrogens is 3. The van der Waals surface area contributed by atoms with E-state index in [0.29, 0.717) is 28.5 Å². The highest BCUT2D eigenvalue weighted by Crippen LogP contribution is 2.25. The van der Waals surface area contributed by atoms with E-state index in [2.05, 4.69) is 15.0 Å². The highest BCUT2D eigenvalue weighted by molar-refractivity contribution is 7.98. The van der Waals surface area contributed by atoms with Crippen LogP contribution in [0.4, 0.5) is 5.82 Å². The van der Waals surface area contributed by atoms with Crippen LogP contribution in [0.25, 0.3) is 0 Å². The molecule has 0 aliphatic carbocycles. The first-order valence-corrected chi connectivity index (χ1v) is 7.05. The summed E-state index contributed by atoms with van der Waals surface area (Å²) >= 11 is 7.24. The van der Waals surface area contributed by atoms with Gasteiger partial charge in [0.05, 0.1) is 12.3 Å². The molecule has 2 N–H and O–H groups in total. The molecule has 7 heteroatoms. The zero-order chi connectivity index (χ0) is 13.7. The summed E-state index contributed by atoms with van der Waals surface area (Å²) in [4.78, 5) is 12.5. The smallest absolute Gasteiger partial charge is 0.191 e. The Bertz CT molecular complexity index is 547. The summed E-state index contributed by atoms with van der Waals surface area (Å²) in [5.74, 6) is 1.72. The van der Waals surface area contributed by atoms with Crippen molar-refractivity contribution in [2.24, 2.45) is 0 Å². The van der Waals surface area contributed by atoms with E-state index in [0.717, 1.165) is 11.4 Å². The molecule has 5 nitrogen and oxygen atoms in total. The van der Waals surface area contributed by atoms with Crippen LogP contribution in [-0.4, -0.2) is 21.6 Å². The zero-order valence-electron chi connectivity index (χ0n) is 10.3. The number of rotatable bonds is 5. The van der Waals surface area contributed by atoms with Crippen molar-refractivity contribution < 1.29 is 4.74 Å². The Morgan fingerprint density at radius 3 is 3.00 bits per heavy atom. The van der Waals surface area contributed by atoms with Crippen LogP contribution in [0.1, 0.15) is 12.6 Å². The van der Waals surface area contributed by atoms with Gasteiger partial charge in [-0.3, -0.25) is 4.98 Å². The largest absolute Gasteiger partial charge is 0.492 e. The van der Waals surface area contributed by atoms with Gasteiger partial charge in [0.25, 0.3) is 0 Å². The second-order valence-corrected chi connectivity index (χ2v) is 4.90. The van der Waals surface area contributed by atoms with Crippen molar-refractivity contribution in [3.63, 3.8) is 0 Å². The quantitative estimate of drug-likeness (QED) is 0.519. The molecule has 2 rings (SSSR count). The first kappa shape index (κ1) is 13.9. The van der Waals surface area contributed by atoms with Gasteiger partial charge in [-0.2, -0.15) is 0 Å². The molecule has 0 fully saturated rings. The number of nitrogens with two attached hydrogens (primary N) is 1. The van der Waals surface area contributed by atoms with Crippen LogP contribution in [-0.2, 0) is 5.75 Å². The Labute approximate surface area is 120 Å². The Morgan fingerprint density at radius 1 is 1.42 bits per heavy atom. The molecule has 0 radical (unpaired) electrons. The Balaban J connectivity index is 2.09. The minimum atomic E-state index is 0.334. The van der Waals surface area contributed by atoms with Gasteiger partial charge >= 0.3 is 0 Å². The van der Waals surface area contributed by atoms with Crippen molar-refractivity contribution in [3.05, 3.63) is 35.2 Å². The number of halogens is 1. The van der Waals surface area contributed by atoms with Crippen LogP contribution in [0.15, 0.2) is 29.6 Å². The Morgan fingerprint density at radius 2 is 2.26 bits per heavy atom. The number of anilines is 1. The number of hydrogen-bond acceptors (Lipinski definition) is 6. The number of thioether (sulfide) groups is 1. The lowest BCUT2D eigenvalue weighted by atomic mass is 10.3. The summed E-state index contributed by atoms with van der Waals surface area (Å²) in [6.07, 6.45) is 1.73. The molecule has 0 aliphatic rings. The second-order valence-electron chi connectivity index (χ2n) is 3.57. The van der Waals surface area contributed by atoms with Crippen molar-refractivity contribution in [2.45, 2.75) is 17.8 Å². The monoisotopic (exact) mass is 296 g/mol. The fraction of sp³-hybridized carbons (Fsp3) is 0.250. The van der Waals surface area contributed by atoms with E-state index in [-0.39, 0.29) is 0 Å². The summed E-state index contributed by atoms with van der Waals surface area (Å²) in [6.45, 7) is 2.54. The van der Waals surface area contributed by atoms with E-state index in [1.165, 1.54) is 17.8 Å². The molecule has 0 atom stereocenters. The maximum atomic E-state index is 5.83. The number of ether oxygens (including phenoxy) is 1. The van der Waals surface area contributed by atoms with Gasteiger partial charge in [-0.05, 0) is 19.1 Å². The van der Waals surface area contributed by atoms with Crippen LogP contribution >= 0.6 is 23.4 Å². The topological polar surface area (TPSA) is 73.9 Å². The van der Waals surface area contributed by atoms with Gasteiger partial charge in [-0.1, -0.05) is 23.4 Å². The molecule has 0 aromatic carbocycles. The number of nitrogens with zero attached hydrogens (tertiary/aromatic N) is 3. The molecule has 0 bridgehead atoms. The molecule has 0 amide bonds. The first-order valence-electron chi connectivity index (χ1n) is 5.68. The van der Waals surface area contributed by atoms with Gasteiger partial charge in [0.2, 0.25) is 0 Å². The third kappa shape index (κ3) is 3.97. The van der Waals surface area contributed by atoms with Crippen molar-refractivity contribution in [3.8, 4) is 5.75 Å². The zero-order valence-corrected chi connectivity index (χ0v) is 11.9. The normalized spacial score (nSPS) is 10.4. The fourth-order valence-corrected chi connectivity index (χ4v) is 2.49. The number of hydrogen-bond donors (Lipinski definition) is 1. The number of nitrogen functional groups attached to an aromatic ring is 1. The van der Waals surface area contributed by atoms with Gasteiger partial charge in [0, 0.05) is 18.0 Å². The predicted molar refractivity (Wildman–Crippen MR) is 76.4 cm³/mol. The molecule has 0 aliphatic heterocycles. The highest BCUT2D eigenvalue weighted by Gasteiger charge is 2.07. The van der Waals surface area contributed by atoms with Gasteiger partial charge in [0.15, 0.2) is 5.16 Å². The van der Waals surface area contributed by atoms with Crippen molar-refractivity contribution >= 4 is 29.2 Å². The molecule has 19 heavy (non-hydrogen) atoms. The fourth-order valence-electron chi connectivity index (χ4n) is 1.43. The van der Waals surface area contributed by atoms with E-state index in [4.69, 9.17) is 22.1 Å². The van der Waals surface area contributed by atoms with E-state index < -0.39 is 0 Å². The maximum Gasteiger partial charge on any atom is 0.191 e. The average molecular weight is 297 g/mol. The Hall–Kier alpha value is -1.53. The molecule has 0 saturated carbocycles. The van der Waals surface area contributed by atoms with Gasteiger partial charge in [-0.25, -0.2) is 9.97 Å². The molecule has 2 heterocycles. The van der Waals surface area contributed by atoms with Gasteiger partial charge in [0.1, 0.15) is 16.7 Å². The van der Waals surface area contributed by atoms with Crippen molar-refractivity contribution in [1.82, 2.24) is 15.0 Å². The summed E-state index contributed by atoms with van der Waals surface area (Å²) in [5, 5.41) is 0.860. The molecular formula is C12H13ClN4OS. The lowest BCUT2D eigenvalue weighted by molar-refractivity contribution is 0.336. The summed E-state index contributed by atoms with van der Waals surface area (Å²) < 4.78 is 5.51. The minimum absolute atomic E-state index is 0.334. The van der Waals surface area contributed by atoms with E-state index in [9.17, 15) is 0 Å². The molecule has 2 aromatic rings. The highest BCUT2D eigenvalue weighted by atomic mass is 35.5. The molecule has 0 spiro atoms. The Kier molecular flexibility index (Phi) is 4.81. The number of pyridine rings is 1. The third-order valence-corrected chi connectivity index (χ3v) is 3.23. The van der Waals surface area contributed by atoms with Crippen molar-refractivity contribution in [2.75, 3.05) is 12.3 Å². The molecule has 0 unspecified atom stereocenters. The molecule has 100 valence electrons. The summed E-state index contributed by atoms with van der Waals surface area (Å²) in [6, 6.07) is 5.24. The van der Waals surface area contributed by atoms with Gasteiger partial charge in [-0.15, -0.1) is 0 Å². The van der Waals surface area contributed by atoms with Crippen LogP contribution < -0.4 is 10.5 Å². The summed E-state index contributed by atoms with van der Waals surface area (Å²) in [7, 11) is 0. The minimum Gasteiger partial charge on any atom is -0.492 e. The van der Waals surface area contributed by atoms with Crippen molar-refractivity contribution in [1.29, 1.82) is 0 Å². The molecule has 2 aromatic heterocycles. The lowest BCUT2D eigenvalue weighted by Gasteiger charge is -2.08. The van der Waals surface area contributed by atoms with Crippen LogP contribution in [0, 0.1) is 0 Å². The average Bonchev–Trinajstić information content (AvgIpc) is 2.37. The molecular weight excluding hydrogens is 284 g/mol. The molecule has 0 saturated heterocycles. The third-order valence-electron chi connectivity index (χ3n) is 2.18. The van der Waals surface area contributed by atoms with E-state index in [1.54, 1.807) is 6.20 Å². The lowest BCUT2D eigenvalue weighted by Crippen LogP contribution is -1.99. The van der Waals surface area contributed by atoms with Gasteiger partial charge < -0.3 is 10.5 Å².